The molecule has 1 amide bonds. The molecule has 1 saturated heterocycles. The number of carbonyl (C=O) groups is 1. The van der Waals surface area contributed by atoms with E-state index >= 15 is 0 Å². The lowest BCUT2D eigenvalue weighted by Gasteiger charge is -2.23. The predicted molar refractivity (Wildman–Crippen MR) is 48.7 cm³/mol. The van der Waals surface area contributed by atoms with Gasteiger partial charge in [-0.3, -0.25) is 4.79 Å². The van der Waals surface area contributed by atoms with Crippen molar-refractivity contribution < 1.29 is 4.79 Å². The van der Waals surface area contributed by atoms with Gasteiger partial charge in [-0.1, -0.05) is 5.92 Å². The Hall–Kier alpha value is -0.970. The first kappa shape index (κ1) is 7.44. The lowest BCUT2D eigenvalue weighted by Crippen LogP contribution is -2.38. The largest absolute Gasteiger partial charge is 0.325 e. The Morgan fingerprint density at radius 2 is 2.15 bits per heavy atom. The van der Waals surface area contributed by atoms with Crippen molar-refractivity contribution in [3.63, 3.8) is 0 Å². The Balaban J connectivity index is 1.80. The third kappa shape index (κ3) is 0.997. The van der Waals surface area contributed by atoms with E-state index in [1.165, 1.54) is 6.42 Å². The van der Waals surface area contributed by atoms with Gasteiger partial charge in [-0.25, -0.2) is 0 Å². The van der Waals surface area contributed by atoms with Gasteiger partial charge in [0.05, 0.1) is 6.04 Å². The summed E-state index contributed by atoms with van der Waals surface area (Å²) in [4.78, 5) is 13.8. The maximum Gasteiger partial charge on any atom is 0.226 e. The molecule has 2 heteroatoms. The van der Waals surface area contributed by atoms with Crippen LogP contribution in [0, 0.1) is 24.2 Å². The molecule has 0 radical (unpaired) electrons. The van der Waals surface area contributed by atoms with E-state index in [1.807, 2.05) is 4.90 Å². The van der Waals surface area contributed by atoms with E-state index in [4.69, 9.17) is 6.42 Å². The SMILES string of the molecule is C#C[C@H]1CC2C[C@H]2N1C(=O)C1CC1. The molecular weight excluding hydrogens is 162 g/mol. The fourth-order valence-corrected chi connectivity index (χ4v) is 2.46. The van der Waals surface area contributed by atoms with Gasteiger partial charge in [0.1, 0.15) is 0 Å². The number of nitrogens with zero attached hydrogens (tertiary/aromatic N) is 1. The summed E-state index contributed by atoms with van der Waals surface area (Å²) in [6, 6.07) is 0.644. The fourth-order valence-electron chi connectivity index (χ4n) is 2.46. The highest BCUT2D eigenvalue weighted by atomic mass is 16.2. The van der Waals surface area contributed by atoms with Crippen molar-refractivity contribution in [1.82, 2.24) is 4.90 Å². The number of hydrogen-bond donors (Lipinski definition) is 0. The summed E-state index contributed by atoms with van der Waals surface area (Å²) < 4.78 is 0. The molecule has 0 spiro atoms. The van der Waals surface area contributed by atoms with Crippen LogP contribution in [0.25, 0.3) is 0 Å². The Morgan fingerprint density at radius 3 is 2.77 bits per heavy atom. The molecule has 0 aromatic heterocycles. The molecule has 3 fully saturated rings. The molecule has 13 heavy (non-hydrogen) atoms. The Kier molecular flexibility index (Phi) is 1.31. The van der Waals surface area contributed by atoms with Gasteiger partial charge in [0.2, 0.25) is 5.91 Å². The molecular formula is C11H13NO. The fraction of sp³-hybridized carbons (Fsp3) is 0.727. The lowest BCUT2D eigenvalue weighted by molar-refractivity contribution is -0.133. The quantitative estimate of drug-likeness (QED) is 0.545. The predicted octanol–water partition coefficient (Wildman–Crippen LogP) is 1.02. The summed E-state index contributed by atoms with van der Waals surface area (Å²) in [6.07, 6.45) is 9.86. The van der Waals surface area contributed by atoms with Crippen LogP contribution in [0.4, 0.5) is 0 Å². The molecule has 1 aliphatic heterocycles. The van der Waals surface area contributed by atoms with E-state index in [0.29, 0.717) is 17.9 Å². The van der Waals surface area contributed by atoms with Crippen molar-refractivity contribution in [2.24, 2.45) is 11.8 Å². The monoisotopic (exact) mass is 175 g/mol. The molecule has 2 saturated carbocycles. The van der Waals surface area contributed by atoms with Gasteiger partial charge in [-0.15, -0.1) is 6.42 Å². The first-order chi connectivity index (χ1) is 6.31. The Morgan fingerprint density at radius 1 is 1.38 bits per heavy atom. The number of piperidine rings is 1. The highest BCUT2D eigenvalue weighted by Crippen LogP contribution is 2.49. The van der Waals surface area contributed by atoms with Crippen LogP contribution < -0.4 is 0 Å². The van der Waals surface area contributed by atoms with E-state index in [0.717, 1.165) is 25.2 Å². The molecule has 3 rings (SSSR count). The molecule has 68 valence electrons. The van der Waals surface area contributed by atoms with E-state index in [1.54, 1.807) is 0 Å². The third-order valence-electron chi connectivity index (χ3n) is 3.48. The molecule has 0 N–H and O–H groups in total. The van der Waals surface area contributed by atoms with Crippen molar-refractivity contribution in [3.8, 4) is 12.3 Å². The van der Waals surface area contributed by atoms with Crippen molar-refractivity contribution >= 4 is 5.91 Å². The number of rotatable bonds is 1. The van der Waals surface area contributed by atoms with Crippen LogP contribution in [0.1, 0.15) is 25.7 Å². The summed E-state index contributed by atoms with van der Waals surface area (Å²) in [6.45, 7) is 0. The van der Waals surface area contributed by atoms with E-state index in [2.05, 4.69) is 5.92 Å². The maximum absolute atomic E-state index is 11.8. The first-order valence-corrected chi connectivity index (χ1v) is 5.09. The highest BCUT2D eigenvalue weighted by Gasteiger charge is 2.55. The number of carbonyl (C=O) groups excluding carboxylic acids is 1. The zero-order chi connectivity index (χ0) is 9.00. The topological polar surface area (TPSA) is 20.3 Å². The number of amides is 1. The lowest BCUT2D eigenvalue weighted by atomic mass is 10.2. The highest BCUT2D eigenvalue weighted by molar-refractivity contribution is 5.82. The van der Waals surface area contributed by atoms with Crippen molar-refractivity contribution in [3.05, 3.63) is 0 Å². The van der Waals surface area contributed by atoms with Crippen LogP contribution in [-0.2, 0) is 4.79 Å². The molecule has 2 nitrogen and oxygen atoms in total. The van der Waals surface area contributed by atoms with Gasteiger partial charge in [-0.2, -0.15) is 0 Å². The van der Waals surface area contributed by atoms with Gasteiger partial charge in [0.25, 0.3) is 0 Å². The standard InChI is InChI=1S/C11H13NO/c1-2-9-5-8-6-10(8)12(9)11(13)7-3-4-7/h1,7-10H,3-6H2/t8?,9-,10+/m0/s1. The number of likely N-dealkylation sites (tertiary alicyclic amines) is 1. The smallest absolute Gasteiger partial charge is 0.226 e. The zero-order valence-corrected chi connectivity index (χ0v) is 7.57. The van der Waals surface area contributed by atoms with Crippen molar-refractivity contribution in [2.75, 3.05) is 0 Å². The van der Waals surface area contributed by atoms with Crippen molar-refractivity contribution in [2.45, 2.75) is 37.8 Å². The summed E-state index contributed by atoms with van der Waals surface area (Å²) in [7, 11) is 0. The molecule has 3 aliphatic rings. The van der Waals surface area contributed by atoms with Gasteiger partial charge < -0.3 is 4.90 Å². The Bertz CT molecular complexity index is 300. The summed E-state index contributed by atoms with van der Waals surface area (Å²) in [5.74, 6) is 4.15. The summed E-state index contributed by atoms with van der Waals surface area (Å²) in [5.41, 5.74) is 0. The molecule has 0 aromatic rings. The molecule has 2 aliphatic carbocycles. The minimum absolute atomic E-state index is 0.122. The second kappa shape index (κ2) is 2.29. The average Bonchev–Trinajstić information content (AvgIpc) is 3.01. The van der Waals surface area contributed by atoms with Crippen LogP contribution in [0.15, 0.2) is 0 Å². The minimum atomic E-state index is 0.122. The van der Waals surface area contributed by atoms with Crippen LogP contribution in [0.5, 0.6) is 0 Å². The second-order valence-electron chi connectivity index (χ2n) is 4.50. The third-order valence-corrected chi connectivity index (χ3v) is 3.48. The van der Waals surface area contributed by atoms with E-state index in [-0.39, 0.29) is 6.04 Å². The molecule has 1 unspecified atom stereocenters. The Labute approximate surface area is 78.3 Å². The number of hydrogen-bond acceptors (Lipinski definition) is 1. The van der Waals surface area contributed by atoms with E-state index < -0.39 is 0 Å². The van der Waals surface area contributed by atoms with Crippen LogP contribution in [0.2, 0.25) is 0 Å². The van der Waals surface area contributed by atoms with Crippen LogP contribution in [0.3, 0.4) is 0 Å². The summed E-state index contributed by atoms with van der Waals surface area (Å²) in [5, 5.41) is 0. The van der Waals surface area contributed by atoms with E-state index in [9.17, 15) is 4.79 Å². The van der Waals surface area contributed by atoms with Crippen LogP contribution >= 0.6 is 0 Å². The van der Waals surface area contributed by atoms with Gasteiger partial charge in [0, 0.05) is 12.0 Å². The molecule has 3 atom stereocenters. The van der Waals surface area contributed by atoms with Gasteiger partial charge in [0.15, 0.2) is 0 Å². The van der Waals surface area contributed by atoms with Gasteiger partial charge >= 0.3 is 0 Å². The first-order valence-electron chi connectivity index (χ1n) is 5.09. The summed E-state index contributed by atoms with van der Waals surface area (Å²) >= 11 is 0. The number of terminal acetylenes is 1. The molecule has 1 heterocycles. The zero-order valence-electron chi connectivity index (χ0n) is 7.57. The van der Waals surface area contributed by atoms with Crippen LogP contribution in [-0.4, -0.2) is 22.9 Å². The average molecular weight is 175 g/mol. The molecule has 0 aromatic carbocycles. The van der Waals surface area contributed by atoms with Gasteiger partial charge in [-0.05, 0) is 31.6 Å². The number of fused-ring (bicyclic) bond motifs is 1. The molecule has 0 bridgehead atoms. The maximum atomic E-state index is 11.8. The normalized spacial score (nSPS) is 41.2. The second-order valence-corrected chi connectivity index (χ2v) is 4.50. The minimum Gasteiger partial charge on any atom is -0.325 e. The van der Waals surface area contributed by atoms with Crippen molar-refractivity contribution in [1.29, 1.82) is 0 Å².